The number of aromatic nitrogens is 2. The van der Waals surface area contributed by atoms with E-state index < -0.39 is 5.54 Å². The maximum atomic E-state index is 11.6. The van der Waals surface area contributed by atoms with Gasteiger partial charge in [0.1, 0.15) is 11.4 Å². The lowest BCUT2D eigenvalue weighted by atomic mass is 9.77. The minimum Gasteiger partial charge on any atom is -0.469 e. The van der Waals surface area contributed by atoms with E-state index in [1.165, 1.54) is 18.2 Å². The molecule has 1 N–H and O–H groups in total. The standard InChI is InChI=1S/C31H33N3O3/c1-31(2,34-36)26-16-17-27-28(19-26)33-30(32-27)25-14-12-24(13-15-25)23-10-8-22(9-11-23)21-6-4-20(5-7-21)18-29(35)37-3/h8-17,19-21H,4-7,18H2,1-3H3,(H,32,33). The fourth-order valence-electron chi connectivity index (χ4n) is 5.37. The van der Waals surface area contributed by atoms with Crippen LogP contribution in [-0.2, 0) is 15.1 Å². The van der Waals surface area contributed by atoms with E-state index in [2.05, 4.69) is 58.7 Å². The number of hydrogen-bond acceptors (Lipinski definition) is 5. The Kier molecular flexibility index (Phi) is 6.92. The van der Waals surface area contributed by atoms with Crippen LogP contribution in [0.5, 0.6) is 0 Å². The van der Waals surface area contributed by atoms with Gasteiger partial charge in [-0.05, 0) is 85.8 Å². The molecular formula is C31H33N3O3. The van der Waals surface area contributed by atoms with Crippen molar-refractivity contribution in [2.75, 3.05) is 7.11 Å². The second-order valence-corrected chi connectivity index (χ2v) is 10.7. The number of methoxy groups -OCH3 is 1. The number of rotatable bonds is 7. The number of aromatic amines is 1. The van der Waals surface area contributed by atoms with Gasteiger partial charge in [0.2, 0.25) is 0 Å². The van der Waals surface area contributed by atoms with Crippen molar-refractivity contribution in [3.05, 3.63) is 82.8 Å². The van der Waals surface area contributed by atoms with E-state index in [1.807, 2.05) is 32.0 Å². The summed E-state index contributed by atoms with van der Waals surface area (Å²) in [6.45, 7) is 3.61. The van der Waals surface area contributed by atoms with Crippen LogP contribution < -0.4 is 0 Å². The fourth-order valence-corrected chi connectivity index (χ4v) is 5.37. The van der Waals surface area contributed by atoms with Crippen molar-refractivity contribution >= 4 is 17.0 Å². The third-order valence-electron chi connectivity index (χ3n) is 7.82. The monoisotopic (exact) mass is 495 g/mol. The summed E-state index contributed by atoms with van der Waals surface area (Å²) >= 11 is 0. The van der Waals surface area contributed by atoms with Crippen LogP contribution in [0.25, 0.3) is 33.5 Å². The molecule has 6 nitrogen and oxygen atoms in total. The molecule has 190 valence electrons. The summed E-state index contributed by atoms with van der Waals surface area (Å²) in [5.41, 5.74) is 6.57. The van der Waals surface area contributed by atoms with Gasteiger partial charge in [-0.2, -0.15) is 0 Å². The Hall–Kier alpha value is -3.80. The molecule has 0 saturated heterocycles. The normalized spacial score (nSPS) is 18.0. The Morgan fingerprint density at radius 3 is 2.19 bits per heavy atom. The third kappa shape index (κ3) is 5.33. The number of carbonyl (C=O) groups is 1. The molecule has 1 aromatic heterocycles. The van der Waals surface area contributed by atoms with Crippen LogP contribution >= 0.6 is 0 Å². The topological polar surface area (TPSA) is 84.4 Å². The lowest BCUT2D eigenvalue weighted by molar-refractivity contribution is -0.142. The summed E-state index contributed by atoms with van der Waals surface area (Å²) in [5.74, 6) is 1.72. The zero-order valence-corrected chi connectivity index (χ0v) is 21.7. The number of nitroso groups, excluding NO2 is 1. The first-order valence-corrected chi connectivity index (χ1v) is 13.0. The lowest BCUT2D eigenvalue weighted by Crippen LogP contribution is -2.17. The van der Waals surface area contributed by atoms with Gasteiger partial charge in [-0.3, -0.25) is 4.79 Å². The van der Waals surface area contributed by atoms with Crippen LogP contribution in [0.2, 0.25) is 0 Å². The van der Waals surface area contributed by atoms with Gasteiger partial charge in [0.05, 0.1) is 18.1 Å². The molecule has 0 aliphatic heterocycles. The van der Waals surface area contributed by atoms with Gasteiger partial charge in [-0.25, -0.2) is 4.98 Å². The molecule has 3 aromatic carbocycles. The molecule has 1 heterocycles. The molecule has 4 aromatic rings. The van der Waals surface area contributed by atoms with Crippen molar-refractivity contribution in [1.29, 1.82) is 0 Å². The average Bonchev–Trinajstić information content (AvgIpc) is 3.37. The number of hydrogen-bond donors (Lipinski definition) is 1. The summed E-state index contributed by atoms with van der Waals surface area (Å²) < 4.78 is 4.83. The zero-order chi connectivity index (χ0) is 26.0. The van der Waals surface area contributed by atoms with Crippen LogP contribution in [-0.4, -0.2) is 23.0 Å². The molecule has 1 fully saturated rings. The number of nitrogens with zero attached hydrogens (tertiary/aromatic N) is 2. The Morgan fingerprint density at radius 2 is 1.57 bits per heavy atom. The highest BCUT2D eigenvalue weighted by Gasteiger charge is 2.24. The van der Waals surface area contributed by atoms with Crippen molar-refractivity contribution in [3.63, 3.8) is 0 Å². The highest BCUT2D eigenvalue weighted by atomic mass is 16.5. The summed E-state index contributed by atoms with van der Waals surface area (Å²) in [6.07, 6.45) is 4.95. The maximum absolute atomic E-state index is 11.6. The smallest absolute Gasteiger partial charge is 0.305 e. The molecule has 0 bridgehead atoms. The summed E-state index contributed by atoms with van der Waals surface area (Å²) in [5, 5.41) is 3.25. The number of H-pyrrole nitrogens is 1. The number of nitrogens with one attached hydrogen (secondary N) is 1. The van der Waals surface area contributed by atoms with E-state index in [0.717, 1.165) is 59.2 Å². The number of benzene rings is 3. The predicted molar refractivity (Wildman–Crippen MR) is 147 cm³/mol. The predicted octanol–water partition coefficient (Wildman–Crippen LogP) is 7.74. The summed E-state index contributed by atoms with van der Waals surface area (Å²) in [6, 6.07) is 23.1. The van der Waals surface area contributed by atoms with Crippen molar-refractivity contribution in [2.24, 2.45) is 11.1 Å². The lowest BCUT2D eigenvalue weighted by Gasteiger charge is -2.28. The number of carbonyl (C=O) groups excluding carboxylic acids is 1. The van der Waals surface area contributed by atoms with Crippen LogP contribution in [0, 0.1) is 10.8 Å². The van der Waals surface area contributed by atoms with Crippen molar-refractivity contribution < 1.29 is 9.53 Å². The van der Waals surface area contributed by atoms with Gasteiger partial charge in [0.25, 0.3) is 0 Å². The molecule has 5 rings (SSSR count). The SMILES string of the molecule is COC(=O)CC1CCC(c2ccc(-c3ccc(-c4nc5ccc(C(C)(C)N=O)cc5[nH]4)cc3)cc2)CC1. The van der Waals surface area contributed by atoms with Crippen molar-refractivity contribution in [3.8, 4) is 22.5 Å². The minimum atomic E-state index is -0.777. The third-order valence-corrected chi connectivity index (χ3v) is 7.82. The van der Waals surface area contributed by atoms with E-state index in [9.17, 15) is 9.70 Å². The number of fused-ring (bicyclic) bond motifs is 1. The molecule has 0 radical (unpaired) electrons. The Morgan fingerprint density at radius 1 is 0.946 bits per heavy atom. The van der Waals surface area contributed by atoms with Gasteiger partial charge >= 0.3 is 5.97 Å². The largest absolute Gasteiger partial charge is 0.469 e. The first-order chi connectivity index (χ1) is 17.9. The molecule has 6 heteroatoms. The van der Waals surface area contributed by atoms with E-state index >= 15 is 0 Å². The molecule has 1 saturated carbocycles. The maximum Gasteiger partial charge on any atom is 0.305 e. The van der Waals surface area contributed by atoms with E-state index in [-0.39, 0.29) is 5.97 Å². The molecule has 1 aliphatic rings. The van der Waals surface area contributed by atoms with Crippen LogP contribution in [0.1, 0.15) is 63.0 Å². The Labute approximate surface area is 217 Å². The summed E-state index contributed by atoms with van der Waals surface area (Å²) in [7, 11) is 1.47. The molecule has 0 atom stereocenters. The molecule has 0 unspecified atom stereocenters. The molecular weight excluding hydrogens is 462 g/mol. The number of ether oxygens (including phenoxy) is 1. The summed E-state index contributed by atoms with van der Waals surface area (Å²) in [4.78, 5) is 30.9. The Balaban J connectivity index is 1.26. The second-order valence-electron chi connectivity index (χ2n) is 10.7. The van der Waals surface area contributed by atoms with Gasteiger partial charge in [0.15, 0.2) is 0 Å². The van der Waals surface area contributed by atoms with Gasteiger partial charge in [0, 0.05) is 12.0 Å². The molecule has 0 amide bonds. The van der Waals surface area contributed by atoms with Crippen LogP contribution in [0.15, 0.2) is 71.9 Å². The van der Waals surface area contributed by atoms with Gasteiger partial charge < -0.3 is 9.72 Å². The second kappa shape index (κ2) is 10.3. The number of imidazole rings is 1. The van der Waals surface area contributed by atoms with E-state index in [1.54, 1.807) is 0 Å². The van der Waals surface area contributed by atoms with E-state index in [4.69, 9.17) is 9.72 Å². The first-order valence-electron chi connectivity index (χ1n) is 13.0. The highest BCUT2D eigenvalue weighted by molar-refractivity contribution is 5.81. The van der Waals surface area contributed by atoms with Gasteiger partial charge in [-0.1, -0.05) is 59.8 Å². The molecule has 0 spiro atoms. The molecule has 1 aliphatic carbocycles. The molecule has 37 heavy (non-hydrogen) atoms. The zero-order valence-electron chi connectivity index (χ0n) is 21.7. The van der Waals surface area contributed by atoms with Gasteiger partial charge in [-0.15, -0.1) is 4.91 Å². The Bertz CT molecular complexity index is 1400. The van der Waals surface area contributed by atoms with Crippen LogP contribution in [0.3, 0.4) is 0 Å². The van der Waals surface area contributed by atoms with Crippen molar-refractivity contribution in [2.45, 2.75) is 57.4 Å². The van der Waals surface area contributed by atoms with Crippen molar-refractivity contribution in [1.82, 2.24) is 9.97 Å². The highest BCUT2D eigenvalue weighted by Crippen LogP contribution is 2.38. The van der Waals surface area contributed by atoms with E-state index in [0.29, 0.717) is 18.3 Å². The quantitative estimate of drug-likeness (QED) is 0.210. The van der Waals surface area contributed by atoms with Crippen LogP contribution in [0.4, 0.5) is 0 Å². The minimum absolute atomic E-state index is 0.0931. The fraction of sp³-hybridized carbons (Fsp3) is 0.355. The average molecular weight is 496 g/mol. The first kappa shape index (κ1) is 24.9. The number of esters is 1.